The Morgan fingerprint density at radius 3 is 2.36 bits per heavy atom. The molecule has 5 nitrogen and oxygen atoms in total. The molecule has 2 aromatic rings. The number of hydrogen-bond donors (Lipinski definition) is 2. The summed E-state index contributed by atoms with van der Waals surface area (Å²) in [6.07, 6.45) is 0. The maximum Gasteiger partial charge on any atom is 0.310 e. The largest absolute Gasteiger partial charge is 0.493 e. The molecule has 25 heavy (non-hydrogen) atoms. The quantitative estimate of drug-likeness (QED) is 0.793. The van der Waals surface area contributed by atoms with E-state index in [4.69, 9.17) is 9.84 Å². The van der Waals surface area contributed by atoms with Crippen LogP contribution in [0.4, 0.5) is 5.69 Å². The van der Waals surface area contributed by atoms with Crippen molar-refractivity contribution in [3.63, 3.8) is 0 Å². The molecule has 0 fully saturated rings. The molecule has 0 heterocycles. The van der Waals surface area contributed by atoms with Crippen molar-refractivity contribution in [1.82, 2.24) is 0 Å². The van der Waals surface area contributed by atoms with Gasteiger partial charge in [-0.1, -0.05) is 26.0 Å². The van der Waals surface area contributed by atoms with E-state index in [2.05, 4.69) is 19.2 Å². The Kier molecular flexibility index (Phi) is 6.17. The van der Waals surface area contributed by atoms with Gasteiger partial charge in [0, 0.05) is 11.3 Å². The van der Waals surface area contributed by atoms with Gasteiger partial charge < -0.3 is 15.2 Å². The molecule has 1 atom stereocenters. The predicted molar refractivity (Wildman–Crippen MR) is 97.2 cm³/mol. The van der Waals surface area contributed by atoms with Crippen LogP contribution in [0.3, 0.4) is 0 Å². The van der Waals surface area contributed by atoms with Gasteiger partial charge in [-0.15, -0.1) is 0 Å². The van der Waals surface area contributed by atoms with Gasteiger partial charge in [-0.25, -0.2) is 0 Å². The van der Waals surface area contributed by atoms with Gasteiger partial charge in [-0.2, -0.15) is 0 Å². The Morgan fingerprint density at radius 1 is 1.08 bits per heavy atom. The maximum absolute atomic E-state index is 12.3. The van der Waals surface area contributed by atoms with E-state index in [1.807, 2.05) is 0 Å². The smallest absolute Gasteiger partial charge is 0.310 e. The minimum atomic E-state index is -0.902. The molecule has 0 bridgehead atoms. The van der Waals surface area contributed by atoms with Crippen LogP contribution < -0.4 is 10.1 Å². The van der Waals surface area contributed by atoms with Gasteiger partial charge in [0.05, 0.1) is 12.5 Å². The SMILES string of the molecule is CC(C)COc1ccc(C(=O)Nc2cccc(C(C)C(=O)O)c2)cc1. The van der Waals surface area contributed by atoms with Crippen molar-refractivity contribution in [2.24, 2.45) is 5.92 Å². The second-order valence-electron chi connectivity index (χ2n) is 6.37. The molecule has 0 radical (unpaired) electrons. The normalized spacial score (nSPS) is 11.8. The molecule has 0 saturated carbocycles. The summed E-state index contributed by atoms with van der Waals surface area (Å²) in [6, 6.07) is 13.8. The molecule has 2 rings (SSSR count). The zero-order valence-corrected chi connectivity index (χ0v) is 14.7. The number of anilines is 1. The fourth-order valence-corrected chi connectivity index (χ4v) is 2.20. The summed E-state index contributed by atoms with van der Waals surface area (Å²) < 4.78 is 5.60. The molecule has 132 valence electrons. The predicted octanol–water partition coefficient (Wildman–Crippen LogP) is 4.16. The van der Waals surface area contributed by atoms with E-state index in [0.717, 1.165) is 5.75 Å². The summed E-state index contributed by atoms with van der Waals surface area (Å²) in [5.74, 6) is -0.629. The van der Waals surface area contributed by atoms with E-state index in [1.165, 1.54) is 0 Å². The monoisotopic (exact) mass is 341 g/mol. The van der Waals surface area contributed by atoms with Crippen molar-refractivity contribution in [2.75, 3.05) is 11.9 Å². The van der Waals surface area contributed by atoms with Crippen LogP contribution in [-0.2, 0) is 4.79 Å². The number of rotatable bonds is 7. The van der Waals surface area contributed by atoms with Gasteiger partial charge in [-0.05, 0) is 54.8 Å². The average Bonchev–Trinajstić information content (AvgIpc) is 2.59. The van der Waals surface area contributed by atoms with Crippen LogP contribution in [0, 0.1) is 5.92 Å². The Labute approximate surface area is 147 Å². The van der Waals surface area contributed by atoms with Crippen LogP contribution in [0.1, 0.15) is 42.6 Å². The van der Waals surface area contributed by atoms with Gasteiger partial charge in [0.1, 0.15) is 5.75 Å². The maximum atomic E-state index is 12.3. The second kappa shape index (κ2) is 8.33. The Morgan fingerprint density at radius 2 is 1.76 bits per heavy atom. The number of aliphatic carboxylic acids is 1. The Hall–Kier alpha value is -2.82. The summed E-state index contributed by atoms with van der Waals surface area (Å²) in [4.78, 5) is 23.4. The number of hydrogen-bond acceptors (Lipinski definition) is 3. The number of benzene rings is 2. The molecular weight excluding hydrogens is 318 g/mol. The zero-order chi connectivity index (χ0) is 18.4. The molecule has 0 saturated heterocycles. The highest BCUT2D eigenvalue weighted by Gasteiger charge is 2.14. The van der Waals surface area contributed by atoms with Crippen LogP contribution in [0.5, 0.6) is 5.75 Å². The number of carbonyl (C=O) groups is 2. The van der Waals surface area contributed by atoms with Crippen LogP contribution in [0.25, 0.3) is 0 Å². The molecule has 0 aromatic heterocycles. The molecule has 0 spiro atoms. The third-order valence-electron chi connectivity index (χ3n) is 3.71. The summed E-state index contributed by atoms with van der Waals surface area (Å²) >= 11 is 0. The first-order valence-electron chi connectivity index (χ1n) is 8.24. The van der Waals surface area contributed by atoms with Crippen molar-refractivity contribution in [1.29, 1.82) is 0 Å². The van der Waals surface area contributed by atoms with Crippen molar-refractivity contribution in [3.05, 3.63) is 59.7 Å². The topological polar surface area (TPSA) is 75.6 Å². The number of nitrogens with one attached hydrogen (secondary N) is 1. The fraction of sp³-hybridized carbons (Fsp3) is 0.300. The fourth-order valence-electron chi connectivity index (χ4n) is 2.20. The number of carboxylic acids is 1. The molecular formula is C20H23NO4. The first kappa shape index (κ1) is 18.5. The van der Waals surface area contributed by atoms with Gasteiger partial charge in [0.25, 0.3) is 5.91 Å². The molecule has 1 unspecified atom stereocenters. The number of ether oxygens (including phenoxy) is 1. The molecule has 0 aliphatic rings. The molecule has 5 heteroatoms. The third kappa shape index (κ3) is 5.35. The lowest BCUT2D eigenvalue weighted by molar-refractivity contribution is -0.138. The van der Waals surface area contributed by atoms with E-state index >= 15 is 0 Å². The summed E-state index contributed by atoms with van der Waals surface area (Å²) in [7, 11) is 0. The highest BCUT2D eigenvalue weighted by molar-refractivity contribution is 6.04. The van der Waals surface area contributed by atoms with E-state index in [-0.39, 0.29) is 5.91 Å². The van der Waals surface area contributed by atoms with Gasteiger partial charge >= 0.3 is 5.97 Å². The van der Waals surface area contributed by atoms with Crippen molar-refractivity contribution in [3.8, 4) is 5.75 Å². The summed E-state index contributed by atoms with van der Waals surface area (Å²) in [6.45, 7) is 6.38. The lowest BCUT2D eigenvalue weighted by Crippen LogP contribution is -2.13. The van der Waals surface area contributed by atoms with E-state index in [0.29, 0.717) is 29.3 Å². The van der Waals surface area contributed by atoms with Gasteiger partial charge in [0.2, 0.25) is 0 Å². The summed E-state index contributed by atoms with van der Waals surface area (Å²) in [5.41, 5.74) is 1.71. The lowest BCUT2D eigenvalue weighted by atomic mass is 10.0. The van der Waals surface area contributed by atoms with Crippen LogP contribution in [0.2, 0.25) is 0 Å². The van der Waals surface area contributed by atoms with E-state index in [1.54, 1.807) is 55.5 Å². The van der Waals surface area contributed by atoms with Crippen LogP contribution >= 0.6 is 0 Å². The van der Waals surface area contributed by atoms with Gasteiger partial charge in [-0.3, -0.25) is 9.59 Å². The third-order valence-corrected chi connectivity index (χ3v) is 3.71. The highest BCUT2D eigenvalue weighted by atomic mass is 16.5. The molecule has 2 aromatic carbocycles. The minimum absolute atomic E-state index is 0.254. The second-order valence-corrected chi connectivity index (χ2v) is 6.37. The molecule has 0 aliphatic heterocycles. The Bertz CT molecular complexity index is 738. The van der Waals surface area contributed by atoms with Crippen molar-refractivity contribution >= 4 is 17.6 Å². The molecule has 1 amide bonds. The minimum Gasteiger partial charge on any atom is -0.493 e. The molecule has 2 N–H and O–H groups in total. The number of carboxylic acid groups (broad SMARTS) is 1. The van der Waals surface area contributed by atoms with E-state index < -0.39 is 11.9 Å². The standard InChI is InChI=1S/C20H23NO4/c1-13(2)12-25-18-9-7-15(8-10-18)19(22)21-17-6-4-5-16(11-17)14(3)20(23)24/h4-11,13-14H,12H2,1-3H3,(H,21,22)(H,23,24). The summed E-state index contributed by atoms with van der Waals surface area (Å²) in [5, 5.41) is 11.9. The van der Waals surface area contributed by atoms with Crippen molar-refractivity contribution in [2.45, 2.75) is 26.7 Å². The Balaban J connectivity index is 2.04. The van der Waals surface area contributed by atoms with Crippen LogP contribution in [0.15, 0.2) is 48.5 Å². The van der Waals surface area contributed by atoms with E-state index in [9.17, 15) is 9.59 Å². The highest BCUT2D eigenvalue weighted by Crippen LogP contribution is 2.20. The van der Waals surface area contributed by atoms with Crippen LogP contribution in [-0.4, -0.2) is 23.6 Å². The lowest BCUT2D eigenvalue weighted by Gasteiger charge is -2.11. The molecule has 0 aliphatic carbocycles. The van der Waals surface area contributed by atoms with Crippen molar-refractivity contribution < 1.29 is 19.4 Å². The number of carbonyl (C=O) groups excluding carboxylic acids is 1. The average molecular weight is 341 g/mol. The zero-order valence-electron chi connectivity index (χ0n) is 14.7. The van der Waals surface area contributed by atoms with Gasteiger partial charge in [0.15, 0.2) is 0 Å². The number of amides is 1. The first-order valence-corrected chi connectivity index (χ1v) is 8.24. The first-order chi connectivity index (χ1) is 11.9.